The Morgan fingerprint density at radius 1 is 1.29 bits per heavy atom. The van der Waals surface area contributed by atoms with E-state index in [-0.39, 0.29) is 4.90 Å². The van der Waals surface area contributed by atoms with Crippen molar-refractivity contribution in [2.45, 2.75) is 24.5 Å². The van der Waals surface area contributed by atoms with Crippen molar-refractivity contribution >= 4 is 11.8 Å². The molecule has 1 aromatic rings. The van der Waals surface area contributed by atoms with Crippen LogP contribution in [-0.2, 0) is 10.9 Å². The summed E-state index contributed by atoms with van der Waals surface area (Å²) in [5, 5.41) is 18.0. The predicted molar refractivity (Wildman–Crippen MR) is 65.8 cm³/mol. The molecular formula is C13H8F6N2O3. The Bertz CT molecular complexity index is 694. The Kier molecular flexibility index (Phi) is 4.36. The second-order valence-electron chi connectivity index (χ2n) is 4.84. The van der Waals surface area contributed by atoms with Gasteiger partial charge in [0.2, 0.25) is 0 Å². The third-order valence-electron chi connectivity index (χ3n) is 3.31. The van der Waals surface area contributed by atoms with Crippen molar-refractivity contribution in [2.24, 2.45) is 0 Å². The van der Waals surface area contributed by atoms with E-state index in [4.69, 9.17) is 5.26 Å². The summed E-state index contributed by atoms with van der Waals surface area (Å²) in [4.78, 5) is 11.9. The Morgan fingerprint density at radius 2 is 1.92 bits per heavy atom. The van der Waals surface area contributed by atoms with Gasteiger partial charge in [-0.2, -0.15) is 31.6 Å². The lowest BCUT2D eigenvalue weighted by Crippen LogP contribution is -2.49. The molecule has 1 fully saturated rings. The van der Waals surface area contributed by atoms with Gasteiger partial charge in [0.05, 0.1) is 17.2 Å². The number of hydrogen-bond donors (Lipinski definition) is 1. The molecule has 2 atom stereocenters. The highest BCUT2D eigenvalue weighted by molar-refractivity contribution is 5.90. The molecule has 2 rings (SSSR count). The lowest BCUT2D eigenvalue weighted by molar-refractivity contribution is -0.209. The molecule has 1 aromatic carbocycles. The SMILES string of the molecule is N#Cc1ccc(N2C(=O)OC[C@@H]2[C@@H](O)C(F)(F)F)cc1C(F)(F)F. The van der Waals surface area contributed by atoms with E-state index in [2.05, 4.69) is 4.74 Å². The van der Waals surface area contributed by atoms with Gasteiger partial charge in [0.1, 0.15) is 12.6 Å². The number of aliphatic hydroxyl groups is 1. The summed E-state index contributed by atoms with van der Waals surface area (Å²) < 4.78 is 81.1. The van der Waals surface area contributed by atoms with E-state index in [1.54, 1.807) is 0 Å². The van der Waals surface area contributed by atoms with Gasteiger partial charge < -0.3 is 9.84 Å². The number of carbonyl (C=O) groups is 1. The summed E-state index contributed by atoms with van der Waals surface area (Å²) in [7, 11) is 0. The number of hydrogen-bond acceptors (Lipinski definition) is 4. The lowest BCUT2D eigenvalue weighted by Gasteiger charge is -2.27. The molecule has 0 spiro atoms. The molecule has 11 heteroatoms. The highest BCUT2D eigenvalue weighted by atomic mass is 19.4. The van der Waals surface area contributed by atoms with Crippen LogP contribution in [0.5, 0.6) is 0 Å². The number of cyclic esters (lactones) is 1. The standard InChI is InChI=1S/C13H8F6N2O3/c14-12(15,16)8-3-7(2-1-6(8)4-20)21-9(5-24-11(21)23)10(22)13(17,18)19/h1-3,9-10,22H,5H2/t9-,10-/m1/s1. The van der Waals surface area contributed by atoms with Crippen molar-refractivity contribution in [1.29, 1.82) is 5.26 Å². The number of nitrogens with zero attached hydrogens (tertiary/aromatic N) is 2. The molecule has 1 heterocycles. The van der Waals surface area contributed by atoms with E-state index < -0.39 is 54.0 Å². The summed E-state index contributed by atoms with van der Waals surface area (Å²) in [5.41, 5.74) is -2.74. The predicted octanol–water partition coefficient (Wildman–Crippen LogP) is 2.83. The van der Waals surface area contributed by atoms with Gasteiger partial charge in [-0.1, -0.05) is 0 Å². The average molecular weight is 354 g/mol. The van der Waals surface area contributed by atoms with Crippen LogP contribution in [-0.4, -0.2) is 36.1 Å². The van der Waals surface area contributed by atoms with Crippen LogP contribution in [0.3, 0.4) is 0 Å². The number of rotatable bonds is 2. The smallest absolute Gasteiger partial charge is 0.417 e. The molecule has 1 aliphatic rings. The lowest BCUT2D eigenvalue weighted by atomic mass is 10.0. The van der Waals surface area contributed by atoms with Crippen LogP contribution in [0.25, 0.3) is 0 Å². The number of nitriles is 1. The molecule has 5 nitrogen and oxygen atoms in total. The van der Waals surface area contributed by atoms with Crippen molar-refractivity contribution in [2.75, 3.05) is 11.5 Å². The average Bonchev–Trinajstić information content (AvgIpc) is 2.85. The van der Waals surface area contributed by atoms with Crippen molar-refractivity contribution in [3.63, 3.8) is 0 Å². The van der Waals surface area contributed by atoms with Crippen LogP contribution >= 0.6 is 0 Å². The number of anilines is 1. The molecule has 0 radical (unpaired) electrons. The van der Waals surface area contributed by atoms with E-state index in [0.717, 1.165) is 12.1 Å². The molecule has 24 heavy (non-hydrogen) atoms. The molecule has 0 saturated carbocycles. The van der Waals surface area contributed by atoms with Gasteiger partial charge in [0, 0.05) is 5.69 Å². The van der Waals surface area contributed by atoms with Crippen LogP contribution in [0, 0.1) is 11.3 Å². The maximum absolute atomic E-state index is 12.9. The number of ether oxygens (including phenoxy) is 1. The molecule has 1 saturated heterocycles. The zero-order valence-corrected chi connectivity index (χ0v) is 11.5. The monoisotopic (exact) mass is 354 g/mol. The second kappa shape index (κ2) is 5.86. The zero-order valence-electron chi connectivity index (χ0n) is 11.5. The number of aliphatic hydroxyl groups excluding tert-OH is 1. The Hall–Kier alpha value is -2.48. The first-order valence-corrected chi connectivity index (χ1v) is 6.29. The third kappa shape index (κ3) is 3.23. The van der Waals surface area contributed by atoms with E-state index in [1.807, 2.05) is 0 Å². The Balaban J connectivity index is 2.49. The normalized spacial score (nSPS) is 19.8. The molecule has 1 amide bonds. The maximum atomic E-state index is 12.9. The number of carbonyl (C=O) groups excluding carboxylic acids is 1. The molecule has 0 bridgehead atoms. The quantitative estimate of drug-likeness (QED) is 0.829. The van der Waals surface area contributed by atoms with Crippen molar-refractivity contribution < 1.29 is 41.0 Å². The van der Waals surface area contributed by atoms with Crippen molar-refractivity contribution in [1.82, 2.24) is 0 Å². The minimum atomic E-state index is -5.10. The first-order valence-electron chi connectivity index (χ1n) is 6.29. The van der Waals surface area contributed by atoms with Crippen molar-refractivity contribution in [3.05, 3.63) is 29.3 Å². The molecule has 1 aliphatic heterocycles. The van der Waals surface area contributed by atoms with Crippen LogP contribution in [0.4, 0.5) is 36.8 Å². The summed E-state index contributed by atoms with van der Waals surface area (Å²) in [5.74, 6) is 0. The van der Waals surface area contributed by atoms with Gasteiger partial charge in [-0.15, -0.1) is 0 Å². The summed E-state index contributed by atoms with van der Waals surface area (Å²) in [6.07, 6.45) is -14.4. The largest absolute Gasteiger partial charge is 0.447 e. The molecule has 130 valence electrons. The Labute approximate surface area is 130 Å². The summed E-state index contributed by atoms with van der Waals surface area (Å²) >= 11 is 0. The number of amides is 1. The molecule has 0 aliphatic carbocycles. The molecule has 0 unspecified atom stereocenters. The minimum Gasteiger partial charge on any atom is -0.447 e. The fourth-order valence-electron chi connectivity index (χ4n) is 2.20. The van der Waals surface area contributed by atoms with Gasteiger partial charge in [-0.05, 0) is 18.2 Å². The fraction of sp³-hybridized carbons (Fsp3) is 0.385. The van der Waals surface area contributed by atoms with Crippen molar-refractivity contribution in [3.8, 4) is 6.07 Å². The maximum Gasteiger partial charge on any atom is 0.417 e. The minimum absolute atomic E-state index is 0.286. The Morgan fingerprint density at radius 3 is 2.42 bits per heavy atom. The second-order valence-corrected chi connectivity index (χ2v) is 4.84. The van der Waals surface area contributed by atoms with E-state index >= 15 is 0 Å². The summed E-state index contributed by atoms with van der Waals surface area (Å²) in [6.45, 7) is -0.846. The zero-order chi connectivity index (χ0) is 18.3. The highest BCUT2D eigenvalue weighted by Crippen LogP contribution is 2.37. The van der Waals surface area contributed by atoms with Gasteiger partial charge >= 0.3 is 18.4 Å². The molecule has 0 aromatic heterocycles. The van der Waals surface area contributed by atoms with Gasteiger partial charge in [0.15, 0.2) is 6.10 Å². The van der Waals surface area contributed by atoms with E-state index in [0.29, 0.717) is 6.07 Å². The van der Waals surface area contributed by atoms with E-state index in [1.165, 1.54) is 6.07 Å². The van der Waals surface area contributed by atoms with Crippen LogP contribution in [0.1, 0.15) is 11.1 Å². The first kappa shape index (κ1) is 17.9. The number of alkyl halides is 6. The van der Waals surface area contributed by atoms with Crippen LogP contribution < -0.4 is 4.90 Å². The van der Waals surface area contributed by atoms with Gasteiger partial charge in [0.25, 0.3) is 0 Å². The van der Waals surface area contributed by atoms with Crippen LogP contribution in [0.15, 0.2) is 18.2 Å². The van der Waals surface area contributed by atoms with Gasteiger partial charge in [-0.3, -0.25) is 4.90 Å². The first-order chi connectivity index (χ1) is 11.0. The topological polar surface area (TPSA) is 73.6 Å². The highest BCUT2D eigenvalue weighted by Gasteiger charge is 2.51. The van der Waals surface area contributed by atoms with E-state index in [9.17, 15) is 36.2 Å². The number of benzene rings is 1. The summed E-state index contributed by atoms with van der Waals surface area (Å²) in [6, 6.07) is 1.32. The molecular weight excluding hydrogens is 346 g/mol. The number of halogens is 6. The molecule has 1 N–H and O–H groups in total. The fourth-order valence-corrected chi connectivity index (χ4v) is 2.20. The van der Waals surface area contributed by atoms with Gasteiger partial charge in [-0.25, -0.2) is 4.79 Å². The third-order valence-corrected chi connectivity index (χ3v) is 3.31. The van der Waals surface area contributed by atoms with Crippen LogP contribution in [0.2, 0.25) is 0 Å².